The highest BCUT2D eigenvalue weighted by Crippen LogP contribution is 2.24. The van der Waals surface area contributed by atoms with Gasteiger partial charge in [-0.15, -0.1) is 0 Å². The Bertz CT molecular complexity index is 761. The van der Waals surface area contributed by atoms with E-state index in [9.17, 15) is 8.42 Å². The first kappa shape index (κ1) is 17.6. The lowest BCUT2D eigenvalue weighted by Gasteiger charge is -2.11. The zero-order valence-corrected chi connectivity index (χ0v) is 14.4. The van der Waals surface area contributed by atoms with Gasteiger partial charge in [0, 0.05) is 17.0 Å². The number of hydrogen-bond acceptors (Lipinski definition) is 6. The highest BCUT2D eigenvalue weighted by atomic mass is 32.2. The summed E-state index contributed by atoms with van der Waals surface area (Å²) in [5.74, 6) is 0.929. The smallest absolute Gasteiger partial charge is 0.257 e. The Labute approximate surface area is 135 Å². The van der Waals surface area contributed by atoms with E-state index < -0.39 is 16.1 Å². The Morgan fingerprint density at radius 2 is 1.87 bits per heavy atom. The fraction of sp³-hybridized carbons (Fsp3) is 0.467. The highest BCUT2D eigenvalue weighted by molar-refractivity contribution is 7.89. The molecule has 23 heavy (non-hydrogen) atoms. The second kappa shape index (κ2) is 6.38. The van der Waals surface area contributed by atoms with Gasteiger partial charge in [-0.2, -0.15) is 4.98 Å². The van der Waals surface area contributed by atoms with E-state index in [0.29, 0.717) is 17.3 Å². The Kier molecular flexibility index (Phi) is 4.88. The first-order chi connectivity index (χ1) is 10.6. The predicted molar refractivity (Wildman–Crippen MR) is 85.3 cm³/mol. The third-order valence-electron chi connectivity index (χ3n) is 3.14. The van der Waals surface area contributed by atoms with Crippen LogP contribution in [0.25, 0.3) is 11.5 Å². The van der Waals surface area contributed by atoms with Crippen LogP contribution in [0.3, 0.4) is 0 Å². The van der Waals surface area contributed by atoms with Crippen molar-refractivity contribution >= 4 is 10.0 Å². The number of nitrogens with zero attached hydrogens (tertiary/aromatic N) is 2. The normalized spacial score (nSPS) is 14.0. The molecule has 0 radical (unpaired) electrons. The largest absolute Gasteiger partial charge is 0.395 e. The molecule has 0 aliphatic heterocycles. The molecule has 0 saturated carbocycles. The van der Waals surface area contributed by atoms with Gasteiger partial charge in [0.2, 0.25) is 10.0 Å². The van der Waals surface area contributed by atoms with Crippen LogP contribution in [0.2, 0.25) is 0 Å². The number of aliphatic hydroxyl groups excluding tert-OH is 1. The molecule has 8 heteroatoms. The van der Waals surface area contributed by atoms with Crippen molar-refractivity contribution < 1.29 is 18.0 Å². The van der Waals surface area contributed by atoms with Crippen LogP contribution < -0.4 is 4.72 Å². The van der Waals surface area contributed by atoms with E-state index in [1.165, 1.54) is 12.1 Å². The summed E-state index contributed by atoms with van der Waals surface area (Å²) in [5.41, 5.74) is 0.414. The molecule has 126 valence electrons. The van der Waals surface area contributed by atoms with E-state index in [2.05, 4.69) is 14.9 Å². The first-order valence-corrected chi connectivity index (χ1v) is 8.69. The lowest BCUT2D eigenvalue weighted by atomic mass is 9.96. The minimum atomic E-state index is -3.67. The summed E-state index contributed by atoms with van der Waals surface area (Å²) in [6, 6.07) is 5.59. The quantitative estimate of drug-likeness (QED) is 0.859. The van der Waals surface area contributed by atoms with Crippen LogP contribution >= 0.6 is 0 Å². The van der Waals surface area contributed by atoms with Crippen molar-refractivity contribution in [1.29, 1.82) is 0 Å². The van der Waals surface area contributed by atoms with Gasteiger partial charge in [0.15, 0.2) is 5.82 Å². The van der Waals surface area contributed by atoms with Crippen LogP contribution in [0.4, 0.5) is 0 Å². The van der Waals surface area contributed by atoms with Gasteiger partial charge in [0.25, 0.3) is 5.89 Å². The summed E-state index contributed by atoms with van der Waals surface area (Å²) in [5, 5.41) is 12.9. The van der Waals surface area contributed by atoms with Gasteiger partial charge >= 0.3 is 0 Å². The van der Waals surface area contributed by atoms with Gasteiger partial charge in [-0.3, -0.25) is 0 Å². The van der Waals surface area contributed by atoms with Gasteiger partial charge in [0.05, 0.1) is 11.5 Å². The number of sulfonamides is 1. The van der Waals surface area contributed by atoms with Gasteiger partial charge in [-0.1, -0.05) is 25.9 Å². The van der Waals surface area contributed by atoms with E-state index in [0.717, 1.165) is 0 Å². The number of aliphatic hydroxyl groups is 1. The van der Waals surface area contributed by atoms with E-state index in [4.69, 9.17) is 9.63 Å². The number of benzene rings is 1. The SMILES string of the molecule is CC(CO)NS(=O)(=O)c1ccc(-c2nc(C(C)(C)C)no2)cc1. The van der Waals surface area contributed by atoms with E-state index in [-0.39, 0.29) is 16.9 Å². The average Bonchev–Trinajstić information content (AvgIpc) is 2.97. The molecule has 1 unspecified atom stereocenters. The van der Waals surface area contributed by atoms with Gasteiger partial charge in [-0.25, -0.2) is 13.1 Å². The molecular weight excluding hydrogens is 318 g/mol. The van der Waals surface area contributed by atoms with Crippen LogP contribution in [0.1, 0.15) is 33.5 Å². The third kappa shape index (κ3) is 4.15. The zero-order chi connectivity index (χ0) is 17.3. The molecule has 0 aliphatic rings. The summed E-state index contributed by atoms with van der Waals surface area (Å²) in [7, 11) is -3.67. The third-order valence-corrected chi connectivity index (χ3v) is 4.74. The van der Waals surface area contributed by atoms with Crippen molar-refractivity contribution in [2.75, 3.05) is 6.61 Å². The number of hydrogen-bond donors (Lipinski definition) is 2. The van der Waals surface area contributed by atoms with Crippen LogP contribution in [-0.2, 0) is 15.4 Å². The van der Waals surface area contributed by atoms with Crippen molar-refractivity contribution in [2.24, 2.45) is 0 Å². The van der Waals surface area contributed by atoms with Gasteiger partial charge < -0.3 is 9.63 Å². The molecule has 1 heterocycles. The molecule has 0 spiro atoms. The minimum Gasteiger partial charge on any atom is -0.395 e. The maximum atomic E-state index is 12.1. The Hall–Kier alpha value is -1.77. The molecule has 1 atom stereocenters. The van der Waals surface area contributed by atoms with Crippen molar-refractivity contribution in [1.82, 2.24) is 14.9 Å². The van der Waals surface area contributed by atoms with Crippen LogP contribution in [0.15, 0.2) is 33.7 Å². The summed E-state index contributed by atoms with van der Waals surface area (Å²) >= 11 is 0. The van der Waals surface area contributed by atoms with E-state index in [1.807, 2.05) is 20.8 Å². The number of aromatic nitrogens is 2. The summed E-state index contributed by atoms with van der Waals surface area (Å²) < 4.78 is 31.8. The Balaban J connectivity index is 2.24. The molecule has 2 aromatic rings. The summed E-state index contributed by atoms with van der Waals surface area (Å²) in [4.78, 5) is 4.44. The van der Waals surface area contributed by atoms with Crippen molar-refractivity contribution in [3.63, 3.8) is 0 Å². The highest BCUT2D eigenvalue weighted by Gasteiger charge is 2.22. The molecule has 0 bridgehead atoms. The molecule has 7 nitrogen and oxygen atoms in total. The molecule has 1 aromatic heterocycles. The standard InChI is InChI=1S/C15H21N3O4S/c1-10(9-19)18-23(20,21)12-7-5-11(6-8-12)13-16-14(17-22-13)15(2,3)4/h5-8,10,18-19H,9H2,1-4H3. The van der Waals surface area contributed by atoms with Crippen molar-refractivity contribution in [2.45, 2.75) is 44.0 Å². The fourth-order valence-corrected chi connectivity index (χ4v) is 3.03. The van der Waals surface area contributed by atoms with E-state index >= 15 is 0 Å². The average molecular weight is 339 g/mol. The first-order valence-electron chi connectivity index (χ1n) is 7.21. The van der Waals surface area contributed by atoms with Crippen molar-refractivity contribution in [3.8, 4) is 11.5 Å². The zero-order valence-electron chi connectivity index (χ0n) is 13.6. The van der Waals surface area contributed by atoms with Crippen LogP contribution in [0.5, 0.6) is 0 Å². The predicted octanol–water partition coefficient (Wildman–Crippen LogP) is 1.69. The second-order valence-electron chi connectivity index (χ2n) is 6.40. The number of nitrogens with one attached hydrogen (secondary N) is 1. The number of rotatable bonds is 5. The van der Waals surface area contributed by atoms with E-state index in [1.54, 1.807) is 19.1 Å². The van der Waals surface area contributed by atoms with Crippen LogP contribution in [0, 0.1) is 0 Å². The monoisotopic (exact) mass is 339 g/mol. The van der Waals surface area contributed by atoms with Gasteiger partial charge in [-0.05, 0) is 31.2 Å². The molecule has 2 N–H and O–H groups in total. The van der Waals surface area contributed by atoms with Crippen molar-refractivity contribution in [3.05, 3.63) is 30.1 Å². The van der Waals surface area contributed by atoms with Gasteiger partial charge in [0.1, 0.15) is 0 Å². The fourth-order valence-electron chi connectivity index (χ4n) is 1.79. The second-order valence-corrected chi connectivity index (χ2v) is 8.12. The molecule has 0 amide bonds. The molecule has 0 aliphatic carbocycles. The lowest BCUT2D eigenvalue weighted by molar-refractivity contribution is 0.265. The maximum Gasteiger partial charge on any atom is 0.257 e. The maximum absolute atomic E-state index is 12.1. The lowest BCUT2D eigenvalue weighted by Crippen LogP contribution is -2.34. The Morgan fingerprint density at radius 1 is 1.26 bits per heavy atom. The minimum absolute atomic E-state index is 0.108. The molecule has 2 rings (SSSR count). The summed E-state index contributed by atoms with van der Waals surface area (Å²) in [6.07, 6.45) is 0. The molecular formula is C15H21N3O4S. The molecule has 1 aromatic carbocycles. The van der Waals surface area contributed by atoms with Crippen LogP contribution in [-0.4, -0.2) is 36.3 Å². The topological polar surface area (TPSA) is 105 Å². The summed E-state index contributed by atoms with van der Waals surface area (Å²) in [6.45, 7) is 7.25. The molecule has 0 fully saturated rings. The Morgan fingerprint density at radius 3 is 2.35 bits per heavy atom. The molecule has 0 saturated heterocycles.